The summed E-state index contributed by atoms with van der Waals surface area (Å²) in [4.78, 5) is 106. The Balaban J connectivity index is 2.45. The van der Waals surface area contributed by atoms with Crippen molar-refractivity contribution in [2.45, 2.75) is 72.0 Å². The van der Waals surface area contributed by atoms with Gasteiger partial charge in [0.15, 0.2) is 5.41 Å². The molecule has 0 aromatic rings. The highest BCUT2D eigenvalue weighted by molar-refractivity contribution is 6.02. The maximum absolute atomic E-state index is 12.7. The largest absolute Gasteiger partial charge is 0.534 e. The lowest BCUT2D eigenvalue weighted by Crippen LogP contribution is -2.59. The molecule has 0 aromatic heterocycles. The third kappa shape index (κ3) is 6.36. The second kappa shape index (κ2) is 11.9. The molecular weight excluding hydrogens is 516 g/mol. The summed E-state index contributed by atoms with van der Waals surface area (Å²) in [6.45, 7) is 5.50. The van der Waals surface area contributed by atoms with Gasteiger partial charge < -0.3 is 19.7 Å². The highest BCUT2D eigenvalue weighted by Crippen LogP contribution is 2.42. The van der Waals surface area contributed by atoms with Crippen LogP contribution in [0.3, 0.4) is 0 Å². The van der Waals surface area contributed by atoms with Crippen molar-refractivity contribution in [3.8, 4) is 0 Å². The van der Waals surface area contributed by atoms with Crippen molar-refractivity contribution in [3.05, 3.63) is 0 Å². The van der Waals surface area contributed by atoms with Crippen LogP contribution in [0.4, 0.5) is 9.59 Å². The van der Waals surface area contributed by atoms with Crippen molar-refractivity contribution in [2.75, 3.05) is 0 Å². The number of hydroxylamine groups is 4. The summed E-state index contributed by atoms with van der Waals surface area (Å²) < 4.78 is 10.4. The topological polar surface area (TPSA) is 220 Å². The van der Waals surface area contributed by atoms with E-state index in [2.05, 4.69) is 9.68 Å². The number of carboxylic acids is 2. The molecule has 0 radical (unpaired) electrons. The molecule has 2 heterocycles. The van der Waals surface area contributed by atoms with Crippen molar-refractivity contribution >= 4 is 47.9 Å². The Kier molecular flexibility index (Phi) is 9.37. The van der Waals surface area contributed by atoms with Gasteiger partial charge in [0.2, 0.25) is 0 Å². The minimum Gasteiger partial charge on any atom is -0.481 e. The van der Waals surface area contributed by atoms with Crippen molar-refractivity contribution in [1.29, 1.82) is 0 Å². The summed E-state index contributed by atoms with van der Waals surface area (Å²) in [5.41, 5.74) is -2.68. The zero-order chi connectivity index (χ0) is 28.9. The molecule has 2 rings (SSSR count). The van der Waals surface area contributed by atoms with Gasteiger partial charge in [-0.05, 0) is 11.8 Å². The van der Waals surface area contributed by atoms with E-state index < -0.39 is 83.8 Å². The van der Waals surface area contributed by atoms with E-state index in [1.165, 1.54) is 27.7 Å². The minimum atomic E-state index is -2.68. The van der Waals surface area contributed by atoms with Gasteiger partial charge in [-0.1, -0.05) is 37.8 Å². The van der Waals surface area contributed by atoms with Crippen LogP contribution in [-0.2, 0) is 47.9 Å². The van der Waals surface area contributed by atoms with Crippen molar-refractivity contribution in [1.82, 2.24) is 10.1 Å². The van der Waals surface area contributed by atoms with Crippen LogP contribution in [0.25, 0.3) is 0 Å². The van der Waals surface area contributed by atoms with Gasteiger partial charge in [-0.3, -0.25) is 38.4 Å². The van der Waals surface area contributed by atoms with Gasteiger partial charge in [0, 0.05) is 25.7 Å². The van der Waals surface area contributed by atoms with Crippen molar-refractivity contribution < 1.29 is 67.7 Å². The Hall–Kier alpha value is -4.24. The fourth-order valence-corrected chi connectivity index (χ4v) is 4.32. The van der Waals surface area contributed by atoms with Gasteiger partial charge in [-0.25, -0.2) is 9.59 Å². The number of rotatable bonds is 11. The van der Waals surface area contributed by atoms with Crippen molar-refractivity contribution in [3.63, 3.8) is 0 Å². The zero-order valence-corrected chi connectivity index (χ0v) is 21.0. The average Bonchev–Trinajstić information content (AvgIpc) is 3.29. The van der Waals surface area contributed by atoms with Crippen LogP contribution < -0.4 is 0 Å². The monoisotopic (exact) mass is 544 g/mol. The van der Waals surface area contributed by atoms with E-state index in [1.807, 2.05) is 0 Å². The van der Waals surface area contributed by atoms with Gasteiger partial charge in [0.05, 0.1) is 6.42 Å². The molecule has 0 aromatic carbocycles. The number of carbonyl (C=O) groups is 8. The SMILES string of the molecule is CC(C)C(OC(=O)ON1C(=O)CCC1=O)C(CC(=O)O)(C(=O)O)C(OC(=O)ON1C(=O)CCC1=O)C(C)C. The predicted molar refractivity (Wildman–Crippen MR) is 117 cm³/mol. The molecule has 0 aliphatic carbocycles. The standard InChI is InChI=1S/C22H28N2O14/c1-10(2)17(35-20(33)37-23-12(25)5-6-13(23)26)22(19(31)32,9-16(29)30)18(11(3)4)36-21(34)38-24-14(27)7-8-15(24)28/h10-11,17-18H,5-9H2,1-4H3,(H,29,30)(H,31,32). The van der Waals surface area contributed by atoms with Gasteiger partial charge in [-0.2, -0.15) is 0 Å². The van der Waals surface area contributed by atoms with Gasteiger partial charge in [-0.15, -0.1) is 0 Å². The Morgan fingerprint density at radius 1 is 0.711 bits per heavy atom. The molecule has 2 unspecified atom stereocenters. The third-order valence-electron chi connectivity index (χ3n) is 5.86. The number of nitrogens with zero attached hydrogens (tertiary/aromatic N) is 2. The maximum atomic E-state index is 12.7. The molecule has 210 valence electrons. The van der Waals surface area contributed by atoms with E-state index in [0.29, 0.717) is 0 Å². The number of amides is 4. The summed E-state index contributed by atoms with van der Waals surface area (Å²) in [6, 6.07) is 0. The molecule has 38 heavy (non-hydrogen) atoms. The molecule has 2 aliphatic heterocycles. The molecule has 16 heteroatoms. The number of aliphatic carboxylic acids is 2. The van der Waals surface area contributed by atoms with Gasteiger partial charge >= 0.3 is 24.2 Å². The Bertz CT molecular complexity index is 939. The summed E-state index contributed by atoms with van der Waals surface area (Å²) in [5, 5.41) is 20.2. The van der Waals surface area contributed by atoms with Crippen LogP contribution >= 0.6 is 0 Å². The quantitative estimate of drug-likeness (QED) is 0.274. The van der Waals surface area contributed by atoms with E-state index in [0.717, 1.165) is 0 Å². The maximum Gasteiger partial charge on any atom is 0.534 e. The molecule has 4 amide bonds. The molecule has 0 saturated carbocycles. The van der Waals surface area contributed by atoms with E-state index in [1.54, 1.807) is 0 Å². The molecule has 0 spiro atoms. The second-order valence-electron chi connectivity index (χ2n) is 9.33. The van der Waals surface area contributed by atoms with E-state index in [4.69, 9.17) is 9.47 Å². The molecule has 2 fully saturated rings. The molecule has 2 N–H and O–H groups in total. The fourth-order valence-electron chi connectivity index (χ4n) is 4.32. The first-order valence-corrected chi connectivity index (χ1v) is 11.6. The zero-order valence-electron chi connectivity index (χ0n) is 21.0. The molecular formula is C22H28N2O14. The normalized spacial score (nSPS) is 18.9. The lowest BCUT2D eigenvalue weighted by Gasteiger charge is -2.43. The molecule has 2 aliphatic rings. The number of hydrogen-bond acceptors (Lipinski definition) is 12. The highest BCUT2D eigenvalue weighted by atomic mass is 16.8. The first-order valence-electron chi connectivity index (χ1n) is 11.6. The van der Waals surface area contributed by atoms with Gasteiger partial charge in [0.1, 0.15) is 12.2 Å². The molecule has 16 nitrogen and oxygen atoms in total. The lowest BCUT2D eigenvalue weighted by molar-refractivity contribution is -0.204. The molecule has 2 saturated heterocycles. The van der Waals surface area contributed by atoms with Crippen molar-refractivity contribution in [2.24, 2.45) is 17.3 Å². The van der Waals surface area contributed by atoms with Crippen LogP contribution in [0.1, 0.15) is 59.8 Å². The number of imide groups is 2. The van der Waals surface area contributed by atoms with E-state index in [9.17, 15) is 48.6 Å². The number of ether oxygens (including phenoxy) is 2. The third-order valence-corrected chi connectivity index (χ3v) is 5.86. The first kappa shape index (κ1) is 30.0. The Labute approximate surface area is 215 Å². The van der Waals surface area contributed by atoms with E-state index >= 15 is 0 Å². The average molecular weight is 544 g/mol. The first-order chi connectivity index (χ1) is 17.6. The Morgan fingerprint density at radius 3 is 1.26 bits per heavy atom. The fraction of sp³-hybridized carbons (Fsp3) is 0.636. The van der Waals surface area contributed by atoms with Gasteiger partial charge in [0.25, 0.3) is 23.6 Å². The number of carboxylic acid groups (broad SMARTS) is 2. The second-order valence-corrected chi connectivity index (χ2v) is 9.33. The summed E-state index contributed by atoms with van der Waals surface area (Å²) in [5.74, 6) is -8.82. The molecule has 2 atom stereocenters. The van der Waals surface area contributed by atoms with Crippen LogP contribution in [0.2, 0.25) is 0 Å². The predicted octanol–water partition coefficient (Wildman–Crippen LogP) is 1.02. The highest BCUT2D eigenvalue weighted by Gasteiger charge is 2.60. The summed E-state index contributed by atoms with van der Waals surface area (Å²) >= 11 is 0. The number of carbonyl (C=O) groups excluding carboxylic acids is 6. The summed E-state index contributed by atoms with van der Waals surface area (Å²) in [6.07, 6.45) is -9.26. The Morgan fingerprint density at radius 2 is 1.03 bits per heavy atom. The van der Waals surface area contributed by atoms with Crippen LogP contribution in [0.15, 0.2) is 0 Å². The minimum absolute atomic E-state index is 0.150. The number of hydrogen-bond donors (Lipinski definition) is 2. The lowest BCUT2D eigenvalue weighted by atomic mass is 9.67. The summed E-state index contributed by atoms with van der Waals surface area (Å²) in [7, 11) is 0. The van der Waals surface area contributed by atoms with Crippen LogP contribution in [-0.4, -0.2) is 80.4 Å². The smallest absolute Gasteiger partial charge is 0.481 e. The van der Waals surface area contributed by atoms with Crippen LogP contribution in [0, 0.1) is 17.3 Å². The molecule has 0 bridgehead atoms. The van der Waals surface area contributed by atoms with Crippen LogP contribution in [0.5, 0.6) is 0 Å². The van der Waals surface area contributed by atoms with E-state index in [-0.39, 0.29) is 35.8 Å².